The molecule has 0 radical (unpaired) electrons. The van der Waals surface area contributed by atoms with Gasteiger partial charge in [0.15, 0.2) is 0 Å². The Hall–Kier alpha value is -1.51. The Bertz CT molecular complexity index is 332. The van der Waals surface area contributed by atoms with Crippen molar-refractivity contribution >= 4 is 11.6 Å². The van der Waals surface area contributed by atoms with E-state index in [0.717, 1.165) is 24.1 Å². The molecule has 1 unspecified atom stereocenters. The van der Waals surface area contributed by atoms with Gasteiger partial charge < -0.3 is 11.1 Å². The third-order valence-corrected chi connectivity index (χ3v) is 2.64. The minimum Gasteiger partial charge on any atom is -0.399 e. The topological polar surface area (TPSA) is 55.1 Å². The van der Waals surface area contributed by atoms with E-state index in [9.17, 15) is 4.79 Å². The molecule has 0 aliphatic heterocycles. The van der Waals surface area contributed by atoms with Gasteiger partial charge in [-0.2, -0.15) is 0 Å². The highest BCUT2D eigenvalue weighted by atomic mass is 16.1. The van der Waals surface area contributed by atoms with Crippen molar-refractivity contribution in [3.05, 3.63) is 29.8 Å². The van der Waals surface area contributed by atoms with E-state index in [0.29, 0.717) is 6.42 Å². The highest BCUT2D eigenvalue weighted by Gasteiger charge is 2.05. The maximum atomic E-state index is 11.5. The maximum absolute atomic E-state index is 11.5. The Balaban J connectivity index is 2.34. The lowest BCUT2D eigenvalue weighted by Gasteiger charge is -2.11. The molecule has 0 aromatic heterocycles. The molecule has 0 fully saturated rings. The van der Waals surface area contributed by atoms with Crippen LogP contribution in [0.4, 0.5) is 5.69 Å². The number of nitrogens with two attached hydrogens (primary N) is 1. The predicted octanol–water partition coefficient (Wildman–Crippen LogP) is 2.12. The van der Waals surface area contributed by atoms with Crippen molar-refractivity contribution in [2.24, 2.45) is 0 Å². The Kier molecular flexibility index (Phi) is 4.83. The molecule has 1 amide bonds. The van der Waals surface area contributed by atoms with E-state index in [4.69, 9.17) is 5.73 Å². The lowest BCUT2D eigenvalue weighted by molar-refractivity contribution is -0.121. The van der Waals surface area contributed by atoms with Crippen LogP contribution in [0.5, 0.6) is 0 Å². The van der Waals surface area contributed by atoms with E-state index < -0.39 is 0 Å². The second-order valence-corrected chi connectivity index (χ2v) is 4.12. The molecule has 3 heteroatoms. The molecule has 1 aromatic carbocycles. The number of aryl methyl sites for hydroxylation is 1. The summed E-state index contributed by atoms with van der Waals surface area (Å²) in [7, 11) is 0. The molecular formula is C13H20N2O. The molecule has 3 N–H and O–H groups in total. The standard InChI is InChI=1S/C13H20N2O/c1-3-10(2)15-13(16)9-6-11-4-7-12(14)8-5-11/h4-5,7-8,10H,3,6,9,14H2,1-2H3,(H,15,16). The Morgan fingerprint density at radius 2 is 2.00 bits per heavy atom. The van der Waals surface area contributed by atoms with Crippen LogP contribution in [0.25, 0.3) is 0 Å². The van der Waals surface area contributed by atoms with Gasteiger partial charge in [-0.15, -0.1) is 0 Å². The molecule has 1 aromatic rings. The molecule has 88 valence electrons. The number of carbonyl (C=O) groups is 1. The second-order valence-electron chi connectivity index (χ2n) is 4.12. The van der Waals surface area contributed by atoms with E-state index >= 15 is 0 Å². The molecule has 1 atom stereocenters. The van der Waals surface area contributed by atoms with Crippen LogP contribution in [0.2, 0.25) is 0 Å². The van der Waals surface area contributed by atoms with Gasteiger partial charge in [0.1, 0.15) is 0 Å². The summed E-state index contributed by atoms with van der Waals surface area (Å²) in [6, 6.07) is 7.92. The molecule has 1 rings (SSSR count). The first-order valence-electron chi connectivity index (χ1n) is 5.75. The van der Waals surface area contributed by atoms with E-state index in [1.54, 1.807) is 0 Å². The molecule has 3 nitrogen and oxygen atoms in total. The summed E-state index contributed by atoms with van der Waals surface area (Å²) in [5.74, 6) is 0.117. The van der Waals surface area contributed by atoms with Crippen LogP contribution in [0.3, 0.4) is 0 Å². The smallest absolute Gasteiger partial charge is 0.220 e. The second kappa shape index (κ2) is 6.16. The molecule has 0 saturated carbocycles. The van der Waals surface area contributed by atoms with E-state index in [1.807, 2.05) is 31.2 Å². The molecule has 0 saturated heterocycles. The highest BCUT2D eigenvalue weighted by molar-refractivity contribution is 5.76. The van der Waals surface area contributed by atoms with Crippen LogP contribution in [-0.4, -0.2) is 11.9 Å². The Labute approximate surface area is 97.0 Å². The Morgan fingerprint density at radius 3 is 2.56 bits per heavy atom. The number of amides is 1. The van der Waals surface area contributed by atoms with Gasteiger partial charge >= 0.3 is 0 Å². The number of benzene rings is 1. The lowest BCUT2D eigenvalue weighted by atomic mass is 10.1. The number of carbonyl (C=O) groups excluding carboxylic acids is 1. The zero-order chi connectivity index (χ0) is 12.0. The van der Waals surface area contributed by atoms with Crippen molar-refractivity contribution in [1.82, 2.24) is 5.32 Å². The van der Waals surface area contributed by atoms with Gasteiger partial charge in [-0.3, -0.25) is 4.79 Å². The summed E-state index contributed by atoms with van der Waals surface area (Å²) in [6.07, 6.45) is 2.27. The van der Waals surface area contributed by atoms with E-state index in [-0.39, 0.29) is 11.9 Å². The molecule has 0 aliphatic carbocycles. The van der Waals surface area contributed by atoms with Gasteiger partial charge in [0.25, 0.3) is 0 Å². The number of hydrogen-bond donors (Lipinski definition) is 2. The molecule has 0 aliphatic rings. The average molecular weight is 220 g/mol. The highest BCUT2D eigenvalue weighted by Crippen LogP contribution is 2.07. The van der Waals surface area contributed by atoms with Crippen molar-refractivity contribution < 1.29 is 4.79 Å². The van der Waals surface area contributed by atoms with Crippen LogP contribution in [0.1, 0.15) is 32.3 Å². The van der Waals surface area contributed by atoms with Crippen LogP contribution in [0, 0.1) is 0 Å². The van der Waals surface area contributed by atoms with E-state index in [1.165, 1.54) is 0 Å². The Morgan fingerprint density at radius 1 is 1.38 bits per heavy atom. The summed E-state index contributed by atoms with van der Waals surface area (Å²) in [4.78, 5) is 11.5. The maximum Gasteiger partial charge on any atom is 0.220 e. The number of rotatable bonds is 5. The van der Waals surface area contributed by atoms with Gasteiger partial charge in [0.05, 0.1) is 0 Å². The first-order valence-corrected chi connectivity index (χ1v) is 5.75. The number of nitrogen functional groups attached to an aromatic ring is 1. The monoisotopic (exact) mass is 220 g/mol. The predicted molar refractivity (Wildman–Crippen MR) is 67.1 cm³/mol. The van der Waals surface area contributed by atoms with Gasteiger partial charge in [-0.25, -0.2) is 0 Å². The van der Waals surface area contributed by atoms with Gasteiger partial charge in [-0.1, -0.05) is 19.1 Å². The van der Waals surface area contributed by atoms with Gasteiger partial charge in [0.2, 0.25) is 5.91 Å². The third-order valence-electron chi connectivity index (χ3n) is 2.64. The van der Waals surface area contributed by atoms with Gasteiger partial charge in [-0.05, 0) is 37.5 Å². The average Bonchev–Trinajstić information content (AvgIpc) is 2.28. The fraction of sp³-hybridized carbons (Fsp3) is 0.462. The third kappa shape index (κ3) is 4.34. The van der Waals surface area contributed by atoms with Crippen LogP contribution in [-0.2, 0) is 11.2 Å². The van der Waals surface area contributed by atoms with Crippen molar-refractivity contribution in [3.63, 3.8) is 0 Å². The summed E-state index contributed by atoms with van der Waals surface area (Å²) >= 11 is 0. The van der Waals surface area contributed by atoms with E-state index in [2.05, 4.69) is 12.2 Å². The minimum absolute atomic E-state index is 0.117. The summed E-state index contributed by atoms with van der Waals surface area (Å²) < 4.78 is 0. The molecule has 0 spiro atoms. The molecular weight excluding hydrogens is 200 g/mol. The first kappa shape index (κ1) is 12.6. The first-order chi connectivity index (χ1) is 7.61. The zero-order valence-corrected chi connectivity index (χ0v) is 9.99. The number of hydrogen-bond acceptors (Lipinski definition) is 2. The minimum atomic E-state index is 0.117. The SMILES string of the molecule is CCC(C)NC(=O)CCc1ccc(N)cc1. The summed E-state index contributed by atoms with van der Waals surface area (Å²) in [5.41, 5.74) is 7.49. The number of nitrogens with one attached hydrogen (secondary N) is 1. The molecule has 16 heavy (non-hydrogen) atoms. The molecule has 0 bridgehead atoms. The van der Waals surface area contributed by atoms with Crippen molar-refractivity contribution in [2.45, 2.75) is 39.2 Å². The largest absolute Gasteiger partial charge is 0.399 e. The summed E-state index contributed by atoms with van der Waals surface area (Å²) in [6.45, 7) is 4.08. The zero-order valence-electron chi connectivity index (χ0n) is 9.99. The van der Waals surface area contributed by atoms with Crippen LogP contribution < -0.4 is 11.1 Å². The van der Waals surface area contributed by atoms with Crippen molar-refractivity contribution in [3.8, 4) is 0 Å². The van der Waals surface area contributed by atoms with Crippen molar-refractivity contribution in [1.29, 1.82) is 0 Å². The normalized spacial score (nSPS) is 12.1. The van der Waals surface area contributed by atoms with Gasteiger partial charge in [0, 0.05) is 18.2 Å². The van der Waals surface area contributed by atoms with Crippen LogP contribution >= 0.6 is 0 Å². The fourth-order valence-corrected chi connectivity index (χ4v) is 1.39. The molecule has 0 heterocycles. The number of anilines is 1. The quantitative estimate of drug-likeness (QED) is 0.747. The fourth-order valence-electron chi connectivity index (χ4n) is 1.39. The van der Waals surface area contributed by atoms with Crippen LogP contribution in [0.15, 0.2) is 24.3 Å². The lowest BCUT2D eigenvalue weighted by Crippen LogP contribution is -2.31. The van der Waals surface area contributed by atoms with Crippen molar-refractivity contribution in [2.75, 3.05) is 5.73 Å². The summed E-state index contributed by atoms with van der Waals surface area (Å²) in [5, 5.41) is 2.95.